The fourth-order valence-electron chi connectivity index (χ4n) is 2.95. The molecule has 0 unspecified atom stereocenters. The van der Waals surface area contributed by atoms with Gasteiger partial charge in [-0.2, -0.15) is 5.10 Å². The van der Waals surface area contributed by atoms with Gasteiger partial charge in [-0.05, 0) is 36.2 Å². The lowest BCUT2D eigenvalue weighted by Gasteiger charge is -2.08. The van der Waals surface area contributed by atoms with Gasteiger partial charge in [0.25, 0.3) is 0 Å². The van der Waals surface area contributed by atoms with Crippen molar-refractivity contribution in [2.45, 2.75) is 26.1 Å². The zero-order valence-electron chi connectivity index (χ0n) is 15.9. The molecule has 0 saturated carbocycles. The number of rotatable bonds is 9. The number of halogens is 1. The molecule has 0 aliphatic rings. The second-order valence-corrected chi connectivity index (χ2v) is 6.68. The third-order valence-electron chi connectivity index (χ3n) is 4.43. The van der Waals surface area contributed by atoms with E-state index in [1.165, 1.54) is 12.1 Å². The molecule has 0 amide bonds. The first kappa shape index (κ1) is 18.7. The van der Waals surface area contributed by atoms with E-state index >= 15 is 0 Å². The van der Waals surface area contributed by atoms with Gasteiger partial charge in [-0.3, -0.25) is 4.68 Å². The number of benzene rings is 2. The summed E-state index contributed by atoms with van der Waals surface area (Å²) >= 11 is 0. The van der Waals surface area contributed by atoms with Crippen LogP contribution < -0.4 is 10.1 Å². The summed E-state index contributed by atoms with van der Waals surface area (Å²) in [5.41, 5.74) is 1.10. The summed E-state index contributed by atoms with van der Waals surface area (Å²) in [5, 5.41) is 7.87. The molecule has 1 N–H and O–H groups in total. The topological polar surface area (TPSA) is 56.9 Å². The third-order valence-corrected chi connectivity index (χ3v) is 4.43. The Hall–Kier alpha value is -3.61. The number of hydrogen-bond acceptors (Lipinski definition) is 4. The summed E-state index contributed by atoms with van der Waals surface area (Å²) < 4.78 is 22.9. The molecule has 0 bridgehead atoms. The molecule has 2 aromatic carbocycles. The normalized spacial score (nSPS) is 10.8. The van der Waals surface area contributed by atoms with E-state index < -0.39 is 0 Å². The summed E-state index contributed by atoms with van der Waals surface area (Å²) in [6.07, 6.45) is 8.54. The maximum absolute atomic E-state index is 13.2. The SMILES string of the molecule is Fc1cccc(Oc2ccc(CNc3ccn(CCCn4ccnc4)n3)cc2)c1. The molecule has 0 atom stereocenters. The van der Waals surface area contributed by atoms with Crippen molar-refractivity contribution in [3.05, 3.63) is 90.9 Å². The molecule has 0 spiro atoms. The second-order valence-electron chi connectivity index (χ2n) is 6.68. The first-order valence-electron chi connectivity index (χ1n) is 9.50. The average molecular weight is 391 g/mol. The highest BCUT2D eigenvalue weighted by Crippen LogP contribution is 2.22. The minimum Gasteiger partial charge on any atom is -0.457 e. The van der Waals surface area contributed by atoms with Gasteiger partial charge in [-0.25, -0.2) is 9.37 Å². The van der Waals surface area contributed by atoms with Crippen LogP contribution >= 0.6 is 0 Å². The van der Waals surface area contributed by atoms with Crippen molar-refractivity contribution in [2.24, 2.45) is 0 Å². The van der Waals surface area contributed by atoms with Crippen molar-refractivity contribution in [3.63, 3.8) is 0 Å². The Bertz CT molecular complexity index is 1030. The van der Waals surface area contributed by atoms with Gasteiger partial charge in [0.05, 0.1) is 6.33 Å². The van der Waals surface area contributed by atoms with Crippen molar-refractivity contribution in [1.29, 1.82) is 0 Å². The number of hydrogen-bond donors (Lipinski definition) is 1. The standard InChI is InChI=1S/C22H22FN5O/c23-19-3-1-4-21(15-19)29-20-7-5-18(6-8-20)16-25-22-9-13-28(26-22)12-2-11-27-14-10-24-17-27/h1,3-10,13-15,17H,2,11-12,16H2,(H,25,26). The van der Waals surface area contributed by atoms with E-state index in [4.69, 9.17) is 4.74 Å². The van der Waals surface area contributed by atoms with Crippen molar-refractivity contribution < 1.29 is 9.13 Å². The molecule has 4 aromatic rings. The van der Waals surface area contributed by atoms with E-state index in [2.05, 4.69) is 20.0 Å². The highest BCUT2D eigenvalue weighted by molar-refractivity contribution is 5.37. The average Bonchev–Trinajstić information content (AvgIpc) is 3.40. The molecule has 0 fully saturated rings. The minimum absolute atomic E-state index is 0.315. The number of nitrogens with one attached hydrogen (secondary N) is 1. The Balaban J connectivity index is 1.24. The molecule has 2 aromatic heterocycles. The van der Waals surface area contributed by atoms with Gasteiger partial charge in [0.2, 0.25) is 0 Å². The Morgan fingerprint density at radius 2 is 1.86 bits per heavy atom. The molecule has 0 radical (unpaired) electrons. The molecule has 29 heavy (non-hydrogen) atoms. The molecule has 4 rings (SSSR count). The van der Waals surface area contributed by atoms with Gasteiger partial charge >= 0.3 is 0 Å². The van der Waals surface area contributed by atoms with Crippen molar-refractivity contribution in [2.75, 3.05) is 5.32 Å². The van der Waals surface area contributed by atoms with Gasteiger partial charge in [-0.15, -0.1) is 0 Å². The van der Waals surface area contributed by atoms with Crippen molar-refractivity contribution in [1.82, 2.24) is 19.3 Å². The molecular weight excluding hydrogens is 369 g/mol. The highest BCUT2D eigenvalue weighted by Gasteiger charge is 2.02. The number of anilines is 1. The maximum Gasteiger partial charge on any atom is 0.148 e. The number of nitrogens with zero attached hydrogens (tertiary/aromatic N) is 4. The Morgan fingerprint density at radius 3 is 2.66 bits per heavy atom. The van der Waals surface area contributed by atoms with Crippen LogP contribution in [0, 0.1) is 5.82 Å². The Kier molecular flexibility index (Phi) is 5.85. The van der Waals surface area contributed by atoms with Crippen molar-refractivity contribution >= 4 is 5.82 Å². The lowest BCUT2D eigenvalue weighted by atomic mass is 10.2. The summed E-state index contributed by atoms with van der Waals surface area (Å²) in [7, 11) is 0. The first-order chi connectivity index (χ1) is 14.2. The first-order valence-corrected chi connectivity index (χ1v) is 9.50. The summed E-state index contributed by atoms with van der Waals surface area (Å²) in [4.78, 5) is 4.04. The minimum atomic E-state index is -0.315. The molecular formula is C22H22FN5O. The van der Waals surface area contributed by atoms with E-state index in [0.717, 1.165) is 30.9 Å². The van der Waals surface area contributed by atoms with Crippen LogP contribution in [0.15, 0.2) is 79.5 Å². The Morgan fingerprint density at radius 1 is 0.966 bits per heavy atom. The highest BCUT2D eigenvalue weighted by atomic mass is 19.1. The molecule has 6 nitrogen and oxygen atoms in total. The van der Waals surface area contributed by atoms with E-state index in [-0.39, 0.29) is 5.82 Å². The second kappa shape index (κ2) is 9.05. The monoisotopic (exact) mass is 391 g/mol. The van der Waals surface area contributed by atoms with Gasteiger partial charge in [-0.1, -0.05) is 18.2 Å². The van der Waals surface area contributed by atoms with E-state index in [1.807, 2.05) is 53.7 Å². The summed E-state index contributed by atoms with van der Waals surface area (Å²) in [6.45, 7) is 2.44. The zero-order valence-corrected chi connectivity index (χ0v) is 15.9. The largest absolute Gasteiger partial charge is 0.457 e. The van der Waals surface area contributed by atoms with Gasteiger partial charge in [0.1, 0.15) is 23.1 Å². The zero-order chi connectivity index (χ0) is 19.9. The fourth-order valence-corrected chi connectivity index (χ4v) is 2.95. The molecule has 0 aliphatic heterocycles. The van der Waals surface area contributed by atoms with E-state index in [9.17, 15) is 4.39 Å². The van der Waals surface area contributed by atoms with Gasteiger partial charge in [0, 0.05) is 50.4 Å². The lowest BCUT2D eigenvalue weighted by Crippen LogP contribution is -2.05. The van der Waals surface area contributed by atoms with Crippen LogP contribution in [0.1, 0.15) is 12.0 Å². The number of aromatic nitrogens is 4. The predicted molar refractivity (Wildman–Crippen MR) is 109 cm³/mol. The van der Waals surface area contributed by atoms with Crippen LogP contribution in [-0.2, 0) is 19.6 Å². The third kappa shape index (κ3) is 5.44. The summed E-state index contributed by atoms with van der Waals surface area (Å²) in [6, 6.07) is 15.8. The number of aryl methyl sites for hydroxylation is 2. The van der Waals surface area contributed by atoms with Crippen LogP contribution in [-0.4, -0.2) is 19.3 Å². The Labute approximate surface area is 168 Å². The molecule has 2 heterocycles. The van der Waals surface area contributed by atoms with Crippen LogP contribution in [0.5, 0.6) is 11.5 Å². The van der Waals surface area contributed by atoms with E-state index in [0.29, 0.717) is 18.0 Å². The van der Waals surface area contributed by atoms with Crippen LogP contribution in [0.25, 0.3) is 0 Å². The quantitative estimate of drug-likeness (QED) is 0.449. The number of ether oxygens (including phenoxy) is 1. The van der Waals surface area contributed by atoms with Crippen LogP contribution in [0.2, 0.25) is 0 Å². The maximum atomic E-state index is 13.2. The van der Waals surface area contributed by atoms with Gasteiger partial charge in [0.15, 0.2) is 0 Å². The van der Waals surface area contributed by atoms with Crippen LogP contribution in [0.4, 0.5) is 10.2 Å². The van der Waals surface area contributed by atoms with Gasteiger partial charge < -0.3 is 14.6 Å². The lowest BCUT2D eigenvalue weighted by molar-refractivity contribution is 0.476. The van der Waals surface area contributed by atoms with E-state index in [1.54, 1.807) is 18.3 Å². The molecule has 148 valence electrons. The predicted octanol–water partition coefficient (Wildman–Crippen LogP) is 4.71. The molecule has 0 saturated heterocycles. The van der Waals surface area contributed by atoms with Crippen LogP contribution in [0.3, 0.4) is 0 Å². The fraction of sp³-hybridized carbons (Fsp3) is 0.182. The summed E-state index contributed by atoms with van der Waals surface area (Å²) in [5.74, 6) is 1.67. The van der Waals surface area contributed by atoms with Crippen molar-refractivity contribution in [3.8, 4) is 11.5 Å². The molecule has 0 aliphatic carbocycles. The number of imidazole rings is 1. The molecule has 7 heteroatoms. The smallest absolute Gasteiger partial charge is 0.148 e.